The van der Waals surface area contributed by atoms with Crippen molar-refractivity contribution in [3.05, 3.63) is 0 Å². The number of nitrogens with zero attached hydrogens (tertiary/aromatic N) is 1. The molecule has 0 saturated carbocycles. The predicted molar refractivity (Wildman–Crippen MR) is 45.6 cm³/mol. The first-order valence-electron chi connectivity index (χ1n) is 3.91. The lowest BCUT2D eigenvalue weighted by molar-refractivity contribution is 0.159. The van der Waals surface area contributed by atoms with E-state index in [4.69, 9.17) is 11.6 Å². The summed E-state index contributed by atoms with van der Waals surface area (Å²) in [5.74, 6) is 0.820. The molecule has 0 aromatic heterocycles. The van der Waals surface area contributed by atoms with Crippen LogP contribution in [0.5, 0.6) is 0 Å². The van der Waals surface area contributed by atoms with E-state index in [9.17, 15) is 0 Å². The van der Waals surface area contributed by atoms with E-state index < -0.39 is 0 Å². The number of halogens is 1. The number of hydrogen-bond donors (Lipinski definition) is 0. The van der Waals surface area contributed by atoms with Gasteiger partial charge in [0.15, 0.2) is 0 Å². The van der Waals surface area contributed by atoms with Crippen LogP contribution in [0.4, 0.5) is 0 Å². The number of rotatable bonds is 1. The van der Waals surface area contributed by atoms with Crippen molar-refractivity contribution in [2.45, 2.75) is 19.8 Å². The van der Waals surface area contributed by atoms with Crippen molar-refractivity contribution in [2.75, 3.05) is 26.0 Å². The Labute approximate surface area is 68.4 Å². The summed E-state index contributed by atoms with van der Waals surface area (Å²) in [5, 5.41) is 0. The Morgan fingerprint density at radius 3 is 2.30 bits per heavy atom. The largest absolute Gasteiger partial charge is 0.306 e. The van der Waals surface area contributed by atoms with Crippen LogP contribution in [0.25, 0.3) is 0 Å². The zero-order chi connectivity index (χ0) is 7.61. The lowest BCUT2D eigenvalue weighted by Crippen LogP contribution is -2.37. The molecule has 1 fully saturated rings. The third-order valence-electron chi connectivity index (χ3n) is 2.52. The summed E-state index contributed by atoms with van der Waals surface area (Å²) in [6, 6.07) is 0. The predicted octanol–water partition coefficient (Wildman–Crippen LogP) is 1.96. The van der Waals surface area contributed by atoms with Gasteiger partial charge in [-0.3, -0.25) is 0 Å². The Balaban J connectivity index is 2.38. The molecule has 1 heterocycles. The molecule has 1 rings (SSSR count). The Kier molecular flexibility index (Phi) is 2.59. The van der Waals surface area contributed by atoms with Gasteiger partial charge in [-0.05, 0) is 38.4 Å². The summed E-state index contributed by atoms with van der Waals surface area (Å²) in [4.78, 5) is 2.37. The van der Waals surface area contributed by atoms with Crippen LogP contribution in [0.1, 0.15) is 19.8 Å². The highest BCUT2D eigenvalue weighted by molar-refractivity contribution is 6.18. The maximum Gasteiger partial charge on any atom is 0.0278 e. The Morgan fingerprint density at radius 2 is 1.90 bits per heavy atom. The molecule has 0 spiro atoms. The van der Waals surface area contributed by atoms with Crippen molar-refractivity contribution < 1.29 is 0 Å². The first-order valence-corrected chi connectivity index (χ1v) is 4.44. The first-order chi connectivity index (χ1) is 4.66. The molecule has 0 radical (unpaired) electrons. The second-order valence-electron chi connectivity index (χ2n) is 3.75. The van der Waals surface area contributed by atoms with Crippen molar-refractivity contribution in [1.82, 2.24) is 4.90 Å². The Hall–Kier alpha value is 0.250. The highest BCUT2D eigenvalue weighted by Crippen LogP contribution is 2.31. The molecule has 1 nitrogen and oxygen atoms in total. The van der Waals surface area contributed by atoms with E-state index in [1.54, 1.807) is 0 Å². The topological polar surface area (TPSA) is 3.24 Å². The highest BCUT2D eigenvalue weighted by atomic mass is 35.5. The maximum absolute atomic E-state index is 5.85. The third kappa shape index (κ3) is 1.86. The number of hydrogen-bond acceptors (Lipinski definition) is 1. The minimum absolute atomic E-state index is 0.425. The zero-order valence-corrected chi connectivity index (χ0v) is 7.62. The van der Waals surface area contributed by atoms with Gasteiger partial charge in [0, 0.05) is 5.88 Å². The molecule has 0 aromatic carbocycles. The smallest absolute Gasteiger partial charge is 0.0278 e. The van der Waals surface area contributed by atoms with E-state index >= 15 is 0 Å². The molecular formula is C8H16ClN. The van der Waals surface area contributed by atoms with Gasteiger partial charge in [-0.25, -0.2) is 0 Å². The zero-order valence-electron chi connectivity index (χ0n) is 6.86. The molecule has 1 aliphatic rings. The van der Waals surface area contributed by atoms with Crippen molar-refractivity contribution in [3.63, 3.8) is 0 Å². The fourth-order valence-electron chi connectivity index (χ4n) is 1.29. The molecule has 0 bridgehead atoms. The van der Waals surface area contributed by atoms with E-state index in [2.05, 4.69) is 18.9 Å². The van der Waals surface area contributed by atoms with Gasteiger partial charge >= 0.3 is 0 Å². The van der Waals surface area contributed by atoms with Crippen LogP contribution in [0.15, 0.2) is 0 Å². The van der Waals surface area contributed by atoms with Crippen LogP contribution in [-0.2, 0) is 0 Å². The summed E-state index contributed by atoms with van der Waals surface area (Å²) in [5.41, 5.74) is 0.425. The molecule has 0 atom stereocenters. The van der Waals surface area contributed by atoms with Crippen LogP contribution < -0.4 is 0 Å². The lowest BCUT2D eigenvalue weighted by Gasteiger charge is -2.36. The van der Waals surface area contributed by atoms with Gasteiger partial charge in [0.2, 0.25) is 0 Å². The van der Waals surface area contributed by atoms with Gasteiger partial charge in [-0.15, -0.1) is 11.6 Å². The van der Waals surface area contributed by atoms with Crippen LogP contribution in [0.3, 0.4) is 0 Å². The van der Waals surface area contributed by atoms with E-state index in [1.165, 1.54) is 25.9 Å². The number of likely N-dealkylation sites (tertiary alicyclic amines) is 1. The average Bonchev–Trinajstić information content (AvgIpc) is 1.96. The minimum Gasteiger partial charge on any atom is -0.306 e. The van der Waals surface area contributed by atoms with Crippen LogP contribution >= 0.6 is 11.6 Å². The van der Waals surface area contributed by atoms with Gasteiger partial charge in [-0.1, -0.05) is 6.92 Å². The van der Waals surface area contributed by atoms with Crippen LogP contribution in [0.2, 0.25) is 0 Å². The average molecular weight is 162 g/mol. The molecule has 1 aliphatic heterocycles. The molecule has 0 unspecified atom stereocenters. The molecule has 0 aromatic rings. The monoisotopic (exact) mass is 161 g/mol. The summed E-state index contributed by atoms with van der Waals surface area (Å²) in [6.45, 7) is 4.71. The molecular weight excluding hydrogens is 146 g/mol. The molecule has 0 amide bonds. The summed E-state index contributed by atoms with van der Waals surface area (Å²) in [6.07, 6.45) is 2.51. The normalized spacial score (nSPS) is 26.7. The molecule has 1 saturated heterocycles. The van der Waals surface area contributed by atoms with Crippen molar-refractivity contribution in [3.8, 4) is 0 Å². The van der Waals surface area contributed by atoms with Gasteiger partial charge in [0.25, 0.3) is 0 Å². The van der Waals surface area contributed by atoms with Gasteiger partial charge < -0.3 is 4.90 Å². The fourth-order valence-corrected chi connectivity index (χ4v) is 1.56. The summed E-state index contributed by atoms with van der Waals surface area (Å²) in [7, 11) is 2.17. The maximum atomic E-state index is 5.85. The van der Waals surface area contributed by atoms with Crippen molar-refractivity contribution >= 4 is 11.6 Å². The van der Waals surface area contributed by atoms with Gasteiger partial charge in [0.05, 0.1) is 0 Å². The SMILES string of the molecule is CN1CCC(C)(CCl)CC1. The second-order valence-corrected chi connectivity index (χ2v) is 4.01. The fraction of sp³-hybridized carbons (Fsp3) is 1.00. The third-order valence-corrected chi connectivity index (χ3v) is 3.16. The van der Waals surface area contributed by atoms with Crippen molar-refractivity contribution in [2.24, 2.45) is 5.41 Å². The van der Waals surface area contributed by atoms with E-state index in [0.29, 0.717) is 5.41 Å². The minimum atomic E-state index is 0.425. The number of alkyl halides is 1. The van der Waals surface area contributed by atoms with Gasteiger partial charge in [-0.2, -0.15) is 0 Å². The molecule has 10 heavy (non-hydrogen) atoms. The Morgan fingerprint density at radius 1 is 1.40 bits per heavy atom. The van der Waals surface area contributed by atoms with Crippen molar-refractivity contribution in [1.29, 1.82) is 0 Å². The quantitative estimate of drug-likeness (QED) is 0.532. The standard InChI is InChI=1S/C8H16ClN/c1-8(7-9)3-5-10(2)6-4-8/h3-7H2,1-2H3. The highest BCUT2D eigenvalue weighted by Gasteiger charge is 2.27. The molecule has 60 valence electrons. The van der Waals surface area contributed by atoms with E-state index in [-0.39, 0.29) is 0 Å². The molecule has 0 N–H and O–H groups in total. The number of piperidine rings is 1. The van der Waals surface area contributed by atoms with Crippen LogP contribution in [-0.4, -0.2) is 30.9 Å². The van der Waals surface area contributed by atoms with E-state index in [1.807, 2.05) is 0 Å². The summed E-state index contributed by atoms with van der Waals surface area (Å²) >= 11 is 5.85. The second kappa shape index (κ2) is 3.10. The summed E-state index contributed by atoms with van der Waals surface area (Å²) < 4.78 is 0. The first kappa shape index (κ1) is 8.35. The molecule has 0 aliphatic carbocycles. The van der Waals surface area contributed by atoms with E-state index in [0.717, 1.165) is 5.88 Å². The van der Waals surface area contributed by atoms with Crippen LogP contribution in [0, 0.1) is 5.41 Å². The Bertz CT molecular complexity index is 106. The lowest BCUT2D eigenvalue weighted by atomic mass is 9.83. The molecule has 2 heteroatoms. The van der Waals surface area contributed by atoms with Gasteiger partial charge in [0.1, 0.15) is 0 Å².